The number of hydrogen-bond acceptors (Lipinski definition) is 7. The number of methoxy groups -OCH3 is 1. The van der Waals surface area contributed by atoms with Gasteiger partial charge in [0.05, 0.1) is 13.2 Å². The number of anilines is 1. The van der Waals surface area contributed by atoms with Crippen LogP contribution in [0.5, 0.6) is 0 Å². The fraction of sp³-hybridized carbons (Fsp3) is 0.824. The summed E-state index contributed by atoms with van der Waals surface area (Å²) in [6.07, 6.45) is 1.81. The Bertz CT molecular complexity index is 531. The zero-order valence-electron chi connectivity index (χ0n) is 16.2. The summed E-state index contributed by atoms with van der Waals surface area (Å²) in [6.45, 7) is 11.6. The second kappa shape index (κ2) is 12.0. The van der Waals surface area contributed by atoms with Crippen LogP contribution in [0.1, 0.15) is 26.1 Å². The molecule has 0 atom stereocenters. The number of aromatic nitrogens is 2. The standard InChI is InChI=1S/C17H32N6O2S/c1-4-15-20-17(26-21-15)23-10-8-22(9-11-23)16(18-5-2)19-7-6-12-25-14-13-24-3/h4-14H2,1-3H3,(H,18,19). The van der Waals surface area contributed by atoms with Crippen LogP contribution in [-0.4, -0.2) is 86.4 Å². The Labute approximate surface area is 160 Å². The fourth-order valence-corrected chi connectivity index (χ4v) is 3.45. The van der Waals surface area contributed by atoms with Crippen molar-refractivity contribution in [3.8, 4) is 0 Å². The number of hydrogen-bond donors (Lipinski definition) is 1. The van der Waals surface area contributed by atoms with Crippen LogP contribution in [0, 0.1) is 0 Å². The van der Waals surface area contributed by atoms with E-state index in [2.05, 4.69) is 38.3 Å². The molecule has 26 heavy (non-hydrogen) atoms. The molecule has 0 saturated carbocycles. The number of nitrogens with zero attached hydrogens (tertiary/aromatic N) is 5. The molecule has 1 fully saturated rings. The average Bonchev–Trinajstić information content (AvgIpc) is 3.16. The van der Waals surface area contributed by atoms with Gasteiger partial charge in [-0.05, 0) is 13.3 Å². The molecule has 0 bridgehead atoms. The number of ether oxygens (including phenoxy) is 2. The quantitative estimate of drug-likeness (QED) is 0.369. The van der Waals surface area contributed by atoms with Crippen LogP contribution >= 0.6 is 11.5 Å². The van der Waals surface area contributed by atoms with Gasteiger partial charge >= 0.3 is 0 Å². The molecule has 1 aliphatic heterocycles. The maximum absolute atomic E-state index is 5.49. The summed E-state index contributed by atoms with van der Waals surface area (Å²) >= 11 is 1.50. The molecule has 1 aromatic rings. The second-order valence-corrected chi connectivity index (χ2v) is 6.75. The number of aliphatic imine (C=N–C) groups is 1. The number of aryl methyl sites for hydroxylation is 1. The first-order valence-corrected chi connectivity index (χ1v) is 10.2. The van der Waals surface area contributed by atoms with Crippen LogP contribution in [0.3, 0.4) is 0 Å². The van der Waals surface area contributed by atoms with E-state index in [1.807, 2.05) is 0 Å². The summed E-state index contributed by atoms with van der Waals surface area (Å²) in [5, 5.41) is 4.44. The van der Waals surface area contributed by atoms with Crippen LogP contribution in [0.2, 0.25) is 0 Å². The van der Waals surface area contributed by atoms with E-state index in [0.717, 1.165) is 75.6 Å². The highest BCUT2D eigenvalue weighted by Gasteiger charge is 2.21. The smallest absolute Gasteiger partial charge is 0.205 e. The summed E-state index contributed by atoms with van der Waals surface area (Å²) in [5.74, 6) is 1.94. The maximum atomic E-state index is 5.49. The Balaban J connectivity index is 1.76. The minimum Gasteiger partial charge on any atom is -0.382 e. The van der Waals surface area contributed by atoms with E-state index in [4.69, 9.17) is 14.5 Å². The molecule has 9 heteroatoms. The Morgan fingerprint density at radius 1 is 1.19 bits per heavy atom. The first-order valence-electron chi connectivity index (χ1n) is 9.46. The van der Waals surface area contributed by atoms with Crippen molar-refractivity contribution in [2.45, 2.75) is 26.7 Å². The summed E-state index contributed by atoms with van der Waals surface area (Å²) in [4.78, 5) is 14.0. The zero-order valence-corrected chi connectivity index (χ0v) is 17.1. The van der Waals surface area contributed by atoms with E-state index in [1.165, 1.54) is 11.5 Å². The lowest BCUT2D eigenvalue weighted by molar-refractivity contribution is 0.0702. The van der Waals surface area contributed by atoms with E-state index in [9.17, 15) is 0 Å². The SMILES string of the molecule is CCNC(=NCCCOCCOC)N1CCN(c2nc(CC)ns2)CC1. The van der Waals surface area contributed by atoms with Crippen LogP contribution in [0.15, 0.2) is 4.99 Å². The van der Waals surface area contributed by atoms with Gasteiger partial charge in [0.25, 0.3) is 0 Å². The molecule has 0 unspecified atom stereocenters. The van der Waals surface area contributed by atoms with Crippen molar-refractivity contribution in [3.05, 3.63) is 5.82 Å². The Morgan fingerprint density at radius 2 is 2.00 bits per heavy atom. The van der Waals surface area contributed by atoms with Crippen molar-refractivity contribution >= 4 is 22.6 Å². The lowest BCUT2D eigenvalue weighted by atomic mass is 10.3. The Hall–Kier alpha value is -1.45. The normalized spacial score (nSPS) is 15.6. The lowest BCUT2D eigenvalue weighted by Crippen LogP contribution is -2.52. The van der Waals surface area contributed by atoms with Gasteiger partial charge in [-0.1, -0.05) is 6.92 Å². The summed E-state index contributed by atoms with van der Waals surface area (Å²) < 4.78 is 14.8. The topological polar surface area (TPSA) is 75.1 Å². The van der Waals surface area contributed by atoms with Crippen LogP contribution < -0.4 is 10.2 Å². The number of guanidine groups is 1. The number of nitrogens with one attached hydrogen (secondary N) is 1. The molecule has 148 valence electrons. The van der Waals surface area contributed by atoms with Gasteiger partial charge in [-0.2, -0.15) is 4.37 Å². The van der Waals surface area contributed by atoms with E-state index >= 15 is 0 Å². The van der Waals surface area contributed by atoms with Gasteiger partial charge in [0.15, 0.2) is 5.96 Å². The van der Waals surface area contributed by atoms with Crippen LogP contribution in [0.4, 0.5) is 5.13 Å². The highest BCUT2D eigenvalue weighted by atomic mass is 32.1. The third-order valence-electron chi connectivity index (χ3n) is 4.10. The van der Waals surface area contributed by atoms with Crippen LogP contribution in [0.25, 0.3) is 0 Å². The minimum atomic E-state index is 0.643. The Kier molecular flexibility index (Phi) is 9.65. The molecule has 0 radical (unpaired) electrons. The summed E-state index contributed by atoms with van der Waals surface area (Å²) in [7, 11) is 1.68. The molecule has 0 amide bonds. The fourth-order valence-electron chi connectivity index (χ4n) is 2.65. The van der Waals surface area contributed by atoms with Crippen molar-refractivity contribution in [2.24, 2.45) is 4.99 Å². The third kappa shape index (κ3) is 6.69. The second-order valence-electron chi connectivity index (χ2n) is 6.02. The Morgan fingerprint density at radius 3 is 2.65 bits per heavy atom. The lowest BCUT2D eigenvalue weighted by Gasteiger charge is -2.36. The molecule has 1 N–H and O–H groups in total. The van der Waals surface area contributed by atoms with Gasteiger partial charge in [-0.3, -0.25) is 4.99 Å². The van der Waals surface area contributed by atoms with E-state index in [0.29, 0.717) is 13.2 Å². The molecule has 0 aromatic carbocycles. The van der Waals surface area contributed by atoms with Gasteiger partial charge < -0.3 is 24.6 Å². The maximum Gasteiger partial charge on any atom is 0.205 e. The average molecular weight is 385 g/mol. The first-order chi connectivity index (χ1) is 12.8. The molecule has 0 aliphatic carbocycles. The van der Waals surface area contributed by atoms with E-state index in [-0.39, 0.29) is 0 Å². The largest absolute Gasteiger partial charge is 0.382 e. The molecule has 1 saturated heterocycles. The van der Waals surface area contributed by atoms with Crippen molar-refractivity contribution in [3.63, 3.8) is 0 Å². The minimum absolute atomic E-state index is 0.643. The molecule has 1 aromatic heterocycles. The summed E-state index contributed by atoms with van der Waals surface area (Å²) in [5.41, 5.74) is 0. The van der Waals surface area contributed by atoms with E-state index in [1.54, 1.807) is 7.11 Å². The molecule has 2 heterocycles. The monoisotopic (exact) mass is 384 g/mol. The van der Waals surface area contributed by atoms with Crippen LogP contribution in [-0.2, 0) is 15.9 Å². The van der Waals surface area contributed by atoms with Crippen molar-refractivity contribution in [1.82, 2.24) is 19.6 Å². The van der Waals surface area contributed by atoms with Gasteiger partial charge in [0, 0.05) is 70.9 Å². The zero-order chi connectivity index (χ0) is 18.6. The molecular formula is C17H32N6O2S. The van der Waals surface area contributed by atoms with Crippen molar-refractivity contribution in [1.29, 1.82) is 0 Å². The van der Waals surface area contributed by atoms with Gasteiger partial charge in [-0.25, -0.2) is 4.98 Å². The summed E-state index contributed by atoms with van der Waals surface area (Å²) in [6, 6.07) is 0. The predicted octanol–water partition coefficient (Wildman–Crippen LogP) is 1.24. The van der Waals surface area contributed by atoms with Gasteiger partial charge in [0.2, 0.25) is 5.13 Å². The number of piperazine rings is 1. The molecule has 0 spiro atoms. The van der Waals surface area contributed by atoms with E-state index < -0.39 is 0 Å². The van der Waals surface area contributed by atoms with Crippen molar-refractivity contribution < 1.29 is 9.47 Å². The molecular weight excluding hydrogens is 352 g/mol. The predicted molar refractivity (Wildman–Crippen MR) is 106 cm³/mol. The van der Waals surface area contributed by atoms with Crippen molar-refractivity contribution in [2.75, 3.05) is 71.1 Å². The molecule has 1 aliphatic rings. The van der Waals surface area contributed by atoms with Gasteiger partial charge in [0.1, 0.15) is 5.82 Å². The first kappa shape index (κ1) is 20.9. The highest BCUT2D eigenvalue weighted by Crippen LogP contribution is 2.19. The highest BCUT2D eigenvalue weighted by molar-refractivity contribution is 7.09. The third-order valence-corrected chi connectivity index (χ3v) is 4.91. The molecule has 8 nitrogen and oxygen atoms in total. The van der Waals surface area contributed by atoms with Gasteiger partial charge in [-0.15, -0.1) is 0 Å². The molecule has 2 rings (SSSR count). The number of rotatable bonds is 10.